The maximum atomic E-state index is 5.04. The van der Waals surface area contributed by atoms with E-state index in [4.69, 9.17) is 4.74 Å². The number of methoxy groups -OCH3 is 1. The van der Waals surface area contributed by atoms with Crippen molar-refractivity contribution in [1.29, 1.82) is 0 Å². The molecule has 0 bridgehead atoms. The first kappa shape index (κ1) is 15.0. The van der Waals surface area contributed by atoms with Gasteiger partial charge in [0.05, 0.1) is 0 Å². The van der Waals surface area contributed by atoms with Crippen molar-refractivity contribution in [1.82, 2.24) is 5.32 Å². The van der Waals surface area contributed by atoms with Gasteiger partial charge in [0.15, 0.2) is 0 Å². The molecule has 0 radical (unpaired) electrons. The average Bonchev–Trinajstić information content (AvgIpc) is 2.34. The van der Waals surface area contributed by atoms with Gasteiger partial charge in [0, 0.05) is 35.4 Å². The second-order valence-corrected chi connectivity index (χ2v) is 5.75. The number of nitrogens with one attached hydrogen (secondary N) is 1. The summed E-state index contributed by atoms with van der Waals surface area (Å²) in [5.41, 5.74) is 1.31. The van der Waals surface area contributed by atoms with Gasteiger partial charge in [-0.25, -0.2) is 0 Å². The largest absolute Gasteiger partial charge is 0.385 e. The van der Waals surface area contributed by atoms with E-state index in [9.17, 15) is 0 Å². The Morgan fingerprint density at radius 3 is 2.88 bits per heavy atom. The zero-order chi connectivity index (χ0) is 12.5. The van der Waals surface area contributed by atoms with E-state index in [-0.39, 0.29) is 0 Å². The highest BCUT2D eigenvalue weighted by atomic mass is 79.9. The van der Waals surface area contributed by atoms with Gasteiger partial charge in [0.2, 0.25) is 0 Å². The summed E-state index contributed by atoms with van der Waals surface area (Å²) in [4.78, 5) is 1.31. The third-order valence-corrected chi connectivity index (χ3v) is 4.17. The SMILES string of the molecule is CCNCc1ccc(SCCCOC)cc1Br. The van der Waals surface area contributed by atoms with Crippen LogP contribution in [0.2, 0.25) is 0 Å². The lowest BCUT2D eigenvalue weighted by molar-refractivity contribution is 0.200. The Bertz CT molecular complexity index is 333. The maximum Gasteiger partial charge on any atom is 0.0470 e. The lowest BCUT2D eigenvalue weighted by Crippen LogP contribution is -2.11. The zero-order valence-electron chi connectivity index (χ0n) is 10.5. The first-order chi connectivity index (χ1) is 8.27. The van der Waals surface area contributed by atoms with Crippen molar-refractivity contribution in [2.75, 3.05) is 26.0 Å². The van der Waals surface area contributed by atoms with E-state index in [1.165, 1.54) is 14.9 Å². The fraction of sp³-hybridized carbons (Fsp3) is 0.538. The third-order valence-electron chi connectivity index (χ3n) is 2.35. The molecule has 0 aromatic heterocycles. The van der Waals surface area contributed by atoms with Gasteiger partial charge >= 0.3 is 0 Å². The second kappa shape index (κ2) is 8.97. The molecule has 0 fully saturated rings. The Kier molecular flexibility index (Phi) is 7.93. The molecule has 1 aromatic carbocycles. The van der Waals surface area contributed by atoms with Crippen molar-refractivity contribution in [3.63, 3.8) is 0 Å². The van der Waals surface area contributed by atoms with E-state index in [2.05, 4.69) is 46.4 Å². The molecule has 0 heterocycles. The van der Waals surface area contributed by atoms with Crippen molar-refractivity contribution in [2.24, 2.45) is 0 Å². The fourth-order valence-corrected chi connectivity index (χ4v) is 2.95. The molecule has 0 aliphatic carbocycles. The van der Waals surface area contributed by atoms with Crippen LogP contribution in [0.4, 0.5) is 0 Å². The van der Waals surface area contributed by atoms with Gasteiger partial charge in [-0.2, -0.15) is 0 Å². The molecule has 0 saturated heterocycles. The van der Waals surface area contributed by atoms with Crippen molar-refractivity contribution >= 4 is 27.7 Å². The number of halogens is 1. The van der Waals surface area contributed by atoms with Crippen LogP contribution in [-0.4, -0.2) is 26.0 Å². The molecule has 0 amide bonds. The van der Waals surface area contributed by atoms with Gasteiger partial charge in [-0.15, -0.1) is 11.8 Å². The first-order valence-electron chi connectivity index (χ1n) is 5.88. The normalized spacial score (nSPS) is 10.8. The van der Waals surface area contributed by atoms with Crippen LogP contribution in [0.1, 0.15) is 18.9 Å². The van der Waals surface area contributed by atoms with Gasteiger partial charge in [0.25, 0.3) is 0 Å². The van der Waals surface area contributed by atoms with Crippen molar-refractivity contribution in [3.8, 4) is 0 Å². The summed E-state index contributed by atoms with van der Waals surface area (Å²) < 4.78 is 6.23. The zero-order valence-corrected chi connectivity index (χ0v) is 12.9. The van der Waals surface area contributed by atoms with Crippen LogP contribution in [0.3, 0.4) is 0 Å². The minimum atomic E-state index is 0.840. The van der Waals surface area contributed by atoms with Gasteiger partial charge in [-0.3, -0.25) is 0 Å². The highest BCUT2D eigenvalue weighted by molar-refractivity contribution is 9.10. The van der Waals surface area contributed by atoms with Crippen LogP contribution in [0, 0.1) is 0 Å². The van der Waals surface area contributed by atoms with Gasteiger partial charge < -0.3 is 10.1 Å². The summed E-state index contributed by atoms with van der Waals surface area (Å²) in [6, 6.07) is 6.57. The molecular weight excluding hydrogens is 298 g/mol. The van der Waals surface area contributed by atoms with Crippen LogP contribution in [0.15, 0.2) is 27.6 Å². The minimum absolute atomic E-state index is 0.840. The standard InChI is InChI=1S/C13H20BrNOS/c1-3-15-10-11-5-6-12(9-13(11)14)17-8-4-7-16-2/h5-6,9,15H,3-4,7-8,10H2,1-2H3. The Morgan fingerprint density at radius 2 is 2.24 bits per heavy atom. The van der Waals surface area contributed by atoms with E-state index >= 15 is 0 Å². The van der Waals surface area contributed by atoms with Crippen molar-refractivity contribution < 1.29 is 4.74 Å². The Labute approximate surface area is 117 Å². The predicted octanol–water partition coefficient (Wildman–Crippen LogP) is 3.69. The highest BCUT2D eigenvalue weighted by Crippen LogP contribution is 2.25. The van der Waals surface area contributed by atoms with Gasteiger partial charge in [-0.05, 0) is 30.7 Å². The predicted molar refractivity (Wildman–Crippen MR) is 78.7 cm³/mol. The summed E-state index contributed by atoms with van der Waals surface area (Å²) >= 11 is 5.50. The molecule has 1 rings (SSSR count). The van der Waals surface area contributed by atoms with Crippen LogP contribution >= 0.6 is 27.7 Å². The Hall–Kier alpha value is -0.0300. The van der Waals surface area contributed by atoms with Crippen molar-refractivity contribution in [3.05, 3.63) is 28.2 Å². The number of hydrogen-bond acceptors (Lipinski definition) is 3. The Morgan fingerprint density at radius 1 is 1.41 bits per heavy atom. The van der Waals surface area contributed by atoms with Gasteiger partial charge in [0.1, 0.15) is 0 Å². The molecule has 0 aliphatic rings. The van der Waals surface area contributed by atoms with E-state index in [1.54, 1.807) is 7.11 Å². The summed E-state index contributed by atoms with van der Waals surface area (Å²) in [5, 5.41) is 3.33. The van der Waals surface area contributed by atoms with Crippen LogP contribution < -0.4 is 5.32 Å². The number of thioether (sulfide) groups is 1. The second-order valence-electron chi connectivity index (χ2n) is 3.73. The van der Waals surface area contributed by atoms with E-state index in [0.29, 0.717) is 0 Å². The molecule has 0 aliphatic heterocycles. The van der Waals surface area contributed by atoms with Crippen LogP contribution in [0.25, 0.3) is 0 Å². The maximum absolute atomic E-state index is 5.04. The monoisotopic (exact) mass is 317 g/mol. The van der Waals surface area contributed by atoms with Crippen molar-refractivity contribution in [2.45, 2.75) is 24.8 Å². The average molecular weight is 318 g/mol. The van der Waals surface area contributed by atoms with Crippen LogP contribution in [0.5, 0.6) is 0 Å². The van der Waals surface area contributed by atoms with Crippen LogP contribution in [-0.2, 0) is 11.3 Å². The lowest BCUT2D eigenvalue weighted by Gasteiger charge is -2.07. The molecule has 1 N–H and O–H groups in total. The summed E-state index contributed by atoms with van der Waals surface area (Å²) in [6.07, 6.45) is 1.10. The van der Waals surface area contributed by atoms with E-state index < -0.39 is 0 Å². The minimum Gasteiger partial charge on any atom is -0.385 e. The molecule has 17 heavy (non-hydrogen) atoms. The lowest BCUT2D eigenvalue weighted by atomic mass is 10.2. The number of hydrogen-bond donors (Lipinski definition) is 1. The molecule has 0 saturated carbocycles. The summed E-state index contributed by atoms with van der Waals surface area (Å²) in [6.45, 7) is 4.88. The first-order valence-corrected chi connectivity index (χ1v) is 7.66. The molecular formula is C13H20BrNOS. The molecule has 0 spiro atoms. The van der Waals surface area contributed by atoms with E-state index in [1.807, 2.05) is 11.8 Å². The topological polar surface area (TPSA) is 21.3 Å². The Balaban J connectivity index is 2.44. The smallest absolute Gasteiger partial charge is 0.0470 e. The fourth-order valence-electron chi connectivity index (χ4n) is 1.41. The molecule has 4 heteroatoms. The quantitative estimate of drug-likeness (QED) is 0.583. The molecule has 0 unspecified atom stereocenters. The van der Waals surface area contributed by atoms with Gasteiger partial charge in [-0.1, -0.05) is 28.9 Å². The number of benzene rings is 1. The van der Waals surface area contributed by atoms with E-state index in [0.717, 1.165) is 31.9 Å². The highest BCUT2D eigenvalue weighted by Gasteiger charge is 2.01. The molecule has 1 aromatic rings. The molecule has 96 valence electrons. The molecule has 0 atom stereocenters. The third kappa shape index (κ3) is 5.91. The summed E-state index contributed by atoms with van der Waals surface area (Å²) in [7, 11) is 1.75. The number of rotatable bonds is 8. The summed E-state index contributed by atoms with van der Waals surface area (Å²) in [5.74, 6) is 1.10. The molecule has 2 nitrogen and oxygen atoms in total. The number of ether oxygens (including phenoxy) is 1.